The van der Waals surface area contributed by atoms with Gasteiger partial charge in [-0.25, -0.2) is 0 Å². The van der Waals surface area contributed by atoms with Gasteiger partial charge in [0.05, 0.1) is 0 Å². The molecule has 1 aliphatic heterocycles. The zero-order valence-corrected chi connectivity index (χ0v) is 12.0. The van der Waals surface area contributed by atoms with Crippen molar-refractivity contribution in [1.29, 1.82) is 0 Å². The topological polar surface area (TPSA) is 15.3 Å². The summed E-state index contributed by atoms with van der Waals surface area (Å²) in [5.41, 5.74) is 1.29. The van der Waals surface area contributed by atoms with E-state index in [-0.39, 0.29) is 0 Å². The quantitative estimate of drug-likeness (QED) is 0.916. The van der Waals surface area contributed by atoms with E-state index in [0.29, 0.717) is 0 Å². The summed E-state index contributed by atoms with van der Waals surface area (Å²) in [6, 6.07) is 9.22. The van der Waals surface area contributed by atoms with Crippen molar-refractivity contribution in [3.63, 3.8) is 0 Å². The number of piperidine rings is 1. The Kier molecular flexibility index (Phi) is 4.86. The van der Waals surface area contributed by atoms with Crippen molar-refractivity contribution in [2.24, 2.45) is 0 Å². The molecule has 1 heterocycles. The first-order valence-corrected chi connectivity index (χ1v) is 7.25. The number of hydrogen-bond acceptors (Lipinski definition) is 2. The molecule has 0 bridgehead atoms. The van der Waals surface area contributed by atoms with E-state index in [1.165, 1.54) is 37.9 Å². The summed E-state index contributed by atoms with van der Waals surface area (Å²) in [7, 11) is 2.17. The molecular weight excluding hydrogens is 276 g/mol. The highest BCUT2D eigenvalue weighted by atomic mass is 79.9. The molecule has 94 valence electrons. The summed E-state index contributed by atoms with van der Waals surface area (Å²) in [4.78, 5) is 2.33. The molecule has 1 atom stereocenters. The van der Waals surface area contributed by atoms with E-state index < -0.39 is 0 Å². The van der Waals surface area contributed by atoms with Gasteiger partial charge in [-0.3, -0.25) is 0 Å². The van der Waals surface area contributed by atoms with Crippen LogP contribution in [-0.4, -0.2) is 26.2 Å². The Hall–Kier alpha value is -0.540. The number of rotatable bonds is 4. The van der Waals surface area contributed by atoms with Crippen LogP contribution in [0, 0.1) is 0 Å². The first kappa shape index (κ1) is 12.9. The number of benzene rings is 1. The molecule has 0 amide bonds. The third kappa shape index (κ3) is 4.00. The zero-order valence-electron chi connectivity index (χ0n) is 10.5. The molecule has 2 nitrogen and oxygen atoms in total. The highest BCUT2D eigenvalue weighted by Crippen LogP contribution is 2.19. The monoisotopic (exact) mass is 296 g/mol. The highest BCUT2D eigenvalue weighted by Gasteiger charge is 2.13. The fourth-order valence-electron chi connectivity index (χ4n) is 2.36. The van der Waals surface area contributed by atoms with Gasteiger partial charge in [0.2, 0.25) is 0 Å². The van der Waals surface area contributed by atoms with E-state index in [4.69, 9.17) is 0 Å². The number of anilines is 1. The Balaban J connectivity index is 1.82. The molecule has 1 saturated heterocycles. The summed E-state index contributed by atoms with van der Waals surface area (Å²) in [5.74, 6) is 0. The molecule has 1 N–H and O–H groups in total. The van der Waals surface area contributed by atoms with Gasteiger partial charge in [0.1, 0.15) is 0 Å². The van der Waals surface area contributed by atoms with Gasteiger partial charge in [-0.15, -0.1) is 0 Å². The molecule has 1 aliphatic rings. The van der Waals surface area contributed by atoms with Gasteiger partial charge >= 0.3 is 0 Å². The SMILES string of the molecule is CN(CCC1CCCCN1)c1cccc(Br)c1. The average Bonchev–Trinajstić information content (AvgIpc) is 2.37. The van der Waals surface area contributed by atoms with Crippen molar-refractivity contribution < 1.29 is 0 Å². The maximum Gasteiger partial charge on any atom is 0.0374 e. The molecule has 0 radical (unpaired) electrons. The van der Waals surface area contributed by atoms with Crippen LogP contribution in [0.25, 0.3) is 0 Å². The molecule has 0 spiro atoms. The fourth-order valence-corrected chi connectivity index (χ4v) is 2.75. The predicted octanol–water partition coefficient (Wildman–Crippen LogP) is 3.42. The standard InChI is InChI=1S/C14H21BrN2/c1-17(14-7-4-5-12(15)11-14)10-8-13-6-2-3-9-16-13/h4-5,7,11,13,16H,2-3,6,8-10H2,1H3. The van der Waals surface area contributed by atoms with Crippen molar-refractivity contribution in [1.82, 2.24) is 5.32 Å². The van der Waals surface area contributed by atoms with Crippen LogP contribution in [0.2, 0.25) is 0 Å². The lowest BCUT2D eigenvalue weighted by molar-refractivity contribution is 0.384. The van der Waals surface area contributed by atoms with Crippen LogP contribution in [-0.2, 0) is 0 Å². The lowest BCUT2D eigenvalue weighted by Gasteiger charge is -2.27. The summed E-state index contributed by atoms with van der Waals surface area (Å²) in [6.45, 7) is 2.32. The van der Waals surface area contributed by atoms with E-state index in [2.05, 4.69) is 57.5 Å². The van der Waals surface area contributed by atoms with Crippen molar-refractivity contribution in [3.8, 4) is 0 Å². The van der Waals surface area contributed by atoms with Crippen molar-refractivity contribution >= 4 is 21.6 Å². The normalized spacial score (nSPS) is 20.2. The molecule has 1 unspecified atom stereocenters. The summed E-state index contributed by atoms with van der Waals surface area (Å²) >= 11 is 3.52. The molecule has 17 heavy (non-hydrogen) atoms. The van der Waals surface area contributed by atoms with Crippen molar-refractivity contribution in [2.75, 3.05) is 25.0 Å². The molecule has 1 aromatic carbocycles. The average molecular weight is 297 g/mol. The molecular formula is C14H21BrN2. The molecule has 1 aromatic rings. The number of nitrogens with one attached hydrogen (secondary N) is 1. The third-order valence-electron chi connectivity index (χ3n) is 3.47. The first-order chi connectivity index (χ1) is 8.25. The minimum atomic E-state index is 0.721. The van der Waals surface area contributed by atoms with Gasteiger partial charge in [0.25, 0.3) is 0 Å². The largest absolute Gasteiger partial charge is 0.375 e. The van der Waals surface area contributed by atoms with Gasteiger partial charge < -0.3 is 10.2 Å². The Labute approximate surface area is 113 Å². The van der Waals surface area contributed by atoms with E-state index in [0.717, 1.165) is 17.1 Å². The summed E-state index contributed by atoms with van der Waals surface area (Å²) in [5, 5.41) is 3.60. The molecule has 1 fully saturated rings. The second kappa shape index (κ2) is 6.41. The first-order valence-electron chi connectivity index (χ1n) is 6.46. The van der Waals surface area contributed by atoms with Crippen LogP contribution in [0.15, 0.2) is 28.7 Å². The van der Waals surface area contributed by atoms with Crippen LogP contribution in [0.1, 0.15) is 25.7 Å². The zero-order chi connectivity index (χ0) is 12.1. The molecule has 0 saturated carbocycles. The van der Waals surface area contributed by atoms with Crippen molar-refractivity contribution in [3.05, 3.63) is 28.7 Å². The van der Waals surface area contributed by atoms with Crippen LogP contribution < -0.4 is 10.2 Å². The van der Waals surface area contributed by atoms with E-state index in [1.807, 2.05) is 0 Å². The molecule has 0 aromatic heterocycles. The van der Waals surface area contributed by atoms with E-state index in [1.54, 1.807) is 0 Å². The Morgan fingerprint density at radius 1 is 1.41 bits per heavy atom. The number of nitrogens with zero attached hydrogens (tertiary/aromatic N) is 1. The Morgan fingerprint density at radius 2 is 2.29 bits per heavy atom. The van der Waals surface area contributed by atoms with E-state index in [9.17, 15) is 0 Å². The second-order valence-corrected chi connectivity index (χ2v) is 5.75. The Bertz CT molecular complexity index is 348. The van der Waals surface area contributed by atoms with E-state index >= 15 is 0 Å². The van der Waals surface area contributed by atoms with Crippen LogP contribution in [0.4, 0.5) is 5.69 Å². The predicted molar refractivity (Wildman–Crippen MR) is 77.7 cm³/mol. The minimum absolute atomic E-state index is 0.721. The van der Waals surface area contributed by atoms with Crippen LogP contribution in [0.5, 0.6) is 0 Å². The maximum absolute atomic E-state index is 3.60. The summed E-state index contributed by atoms with van der Waals surface area (Å²) < 4.78 is 1.15. The fraction of sp³-hybridized carbons (Fsp3) is 0.571. The second-order valence-electron chi connectivity index (χ2n) is 4.84. The van der Waals surface area contributed by atoms with Gasteiger partial charge in [-0.1, -0.05) is 28.4 Å². The van der Waals surface area contributed by atoms with Crippen LogP contribution >= 0.6 is 15.9 Å². The van der Waals surface area contributed by atoms with Gasteiger partial charge in [-0.2, -0.15) is 0 Å². The molecule has 2 rings (SSSR count). The number of hydrogen-bond donors (Lipinski definition) is 1. The third-order valence-corrected chi connectivity index (χ3v) is 3.97. The highest BCUT2D eigenvalue weighted by molar-refractivity contribution is 9.10. The maximum atomic E-state index is 3.60. The number of halogens is 1. The lowest BCUT2D eigenvalue weighted by Crippen LogP contribution is -2.36. The smallest absolute Gasteiger partial charge is 0.0374 e. The molecule has 3 heteroatoms. The van der Waals surface area contributed by atoms with Gasteiger partial charge in [0, 0.05) is 29.8 Å². The van der Waals surface area contributed by atoms with Crippen molar-refractivity contribution in [2.45, 2.75) is 31.7 Å². The molecule has 0 aliphatic carbocycles. The lowest BCUT2D eigenvalue weighted by atomic mass is 10.0. The Morgan fingerprint density at radius 3 is 3.00 bits per heavy atom. The van der Waals surface area contributed by atoms with Gasteiger partial charge in [0.15, 0.2) is 0 Å². The van der Waals surface area contributed by atoms with Gasteiger partial charge in [-0.05, 0) is 44.0 Å². The minimum Gasteiger partial charge on any atom is -0.375 e. The summed E-state index contributed by atoms with van der Waals surface area (Å²) in [6.07, 6.45) is 5.31. The van der Waals surface area contributed by atoms with Crippen LogP contribution in [0.3, 0.4) is 0 Å².